The number of benzene rings is 1. The molecular formula is C10H14FNO2S. The lowest BCUT2D eigenvalue weighted by atomic mass is 10.0. The first-order valence-electron chi connectivity index (χ1n) is 4.49. The maximum absolute atomic E-state index is 12.8. The first-order chi connectivity index (χ1) is 6.79. The summed E-state index contributed by atoms with van der Waals surface area (Å²) in [7, 11) is -3.12. The Morgan fingerprint density at radius 1 is 1.47 bits per heavy atom. The molecule has 0 amide bonds. The molecule has 1 unspecified atom stereocenters. The summed E-state index contributed by atoms with van der Waals surface area (Å²) < 4.78 is 34.9. The number of rotatable bonds is 3. The molecule has 0 heterocycles. The third kappa shape index (κ3) is 3.60. The molecule has 1 atom stereocenters. The van der Waals surface area contributed by atoms with E-state index in [4.69, 9.17) is 5.73 Å². The first-order valence-corrected chi connectivity index (χ1v) is 6.55. The number of hydrogen-bond acceptors (Lipinski definition) is 3. The van der Waals surface area contributed by atoms with Gasteiger partial charge in [-0.3, -0.25) is 0 Å². The quantitative estimate of drug-likeness (QED) is 0.849. The van der Waals surface area contributed by atoms with Gasteiger partial charge in [-0.25, -0.2) is 12.8 Å². The summed E-state index contributed by atoms with van der Waals surface area (Å²) >= 11 is 0. The zero-order valence-corrected chi connectivity index (χ0v) is 9.51. The Hall–Kier alpha value is -0.940. The highest BCUT2D eigenvalue weighted by molar-refractivity contribution is 7.90. The van der Waals surface area contributed by atoms with Gasteiger partial charge in [0, 0.05) is 12.3 Å². The van der Waals surface area contributed by atoms with Crippen LogP contribution in [0.2, 0.25) is 0 Å². The molecule has 0 aliphatic heterocycles. The molecule has 3 nitrogen and oxygen atoms in total. The number of nitrogens with two attached hydrogens (primary N) is 1. The van der Waals surface area contributed by atoms with Crippen molar-refractivity contribution in [2.45, 2.75) is 13.0 Å². The average molecular weight is 231 g/mol. The van der Waals surface area contributed by atoms with Crippen molar-refractivity contribution in [3.8, 4) is 0 Å². The Morgan fingerprint density at radius 3 is 2.53 bits per heavy atom. The van der Waals surface area contributed by atoms with E-state index in [1.165, 1.54) is 18.2 Å². The molecule has 0 spiro atoms. The fourth-order valence-corrected chi connectivity index (χ4v) is 2.30. The molecule has 0 aliphatic carbocycles. The second-order valence-corrected chi connectivity index (χ2v) is 5.88. The van der Waals surface area contributed by atoms with Crippen molar-refractivity contribution in [1.29, 1.82) is 0 Å². The number of sulfone groups is 1. The Labute approximate surface area is 89.0 Å². The monoisotopic (exact) mass is 231 g/mol. The average Bonchev–Trinajstić information content (AvgIpc) is 1.99. The molecule has 0 aliphatic rings. The van der Waals surface area contributed by atoms with Crippen molar-refractivity contribution in [1.82, 2.24) is 0 Å². The lowest BCUT2D eigenvalue weighted by Crippen LogP contribution is -2.21. The largest absolute Gasteiger partial charge is 0.323 e. The zero-order chi connectivity index (χ0) is 11.6. The molecule has 1 aromatic carbocycles. The zero-order valence-electron chi connectivity index (χ0n) is 8.70. The van der Waals surface area contributed by atoms with E-state index in [0.29, 0.717) is 11.1 Å². The second kappa shape index (κ2) is 4.28. The fourth-order valence-electron chi connectivity index (χ4n) is 1.47. The molecule has 0 radical (unpaired) electrons. The Bertz CT molecular complexity index is 456. The van der Waals surface area contributed by atoms with Gasteiger partial charge in [0.25, 0.3) is 0 Å². The van der Waals surface area contributed by atoms with Crippen LogP contribution >= 0.6 is 0 Å². The second-order valence-electron chi connectivity index (χ2n) is 3.70. The molecule has 15 heavy (non-hydrogen) atoms. The van der Waals surface area contributed by atoms with E-state index in [1.807, 2.05) is 0 Å². The Morgan fingerprint density at radius 2 is 2.07 bits per heavy atom. The summed E-state index contributed by atoms with van der Waals surface area (Å²) in [4.78, 5) is 0. The minimum atomic E-state index is -3.12. The van der Waals surface area contributed by atoms with Gasteiger partial charge >= 0.3 is 0 Å². The van der Waals surface area contributed by atoms with Crippen LogP contribution in [0.1, 0.15) is 17.2 Å². The highest BCUT2D eigenvalue weighted by atomic mass is 32.2. The van der Waals surface area contributed by atoms with E-state index in [0.717, 1.165) is 6.26 Å². The van der Waals surface area contributed by atoms with Crippen LogP contribution in [0, 0.1) is 12.7 Å². The van der Waals surface area contributed by atoms with E-state index in [2.05, 4.69) is 0 Å². The summed E-state index contributed by atoms with van der Waals surface area (Å²) in [5, 5.41) is 0. The van der Waals surface area contributed by atoms with Gasteiger partial charge in [-0.15, -0.1) is 0 Å². The van der Waals surface area contributed by atoms with Crippen LogP contribution in [-0.4, -0.2) is 20.4 Å². The Balaban J connectivity index is 2.97. The maximum atomic E-state index is 12.8. The smallest absolute Gasteiger partial charge is 0.149 e. The van der Waals surface area contributed by atoms with E-state index in [1.54, 1.807) is 6.92 Å². The fraction of sp³-hybridized carbons (Fsp3) is 0.400. The van der Waals surface area contributed by atoms with Gasteiger partial charge in [0.1, 0.15) is 15.7 Å². The third-order valence-electron chi connectivity index (χ3n) is 2.11. The highest BCUT2D eigenvalue weighted by Gasteiger charge is 2.15. The number of halogens is 1. The van der Waals surface area contributed by atoms with E-state index < -0.39 is 15.9 Å². The predicted octanol–water partition coefficient (Wildman–Crippen LogP) is 1.18. The van der Waals surface area contributed by atoms with Gasteiger partial charge in [0.15, 0.2) is 0 Å². The normalized spacial score (nSPS) is 13.9. The van der Waals surface area contributed by atoms with Crippen LogP contribution in [0.5, 0.6) is 0 Å². The van der Waals surface area contributed by atoms with Crippen LogP contribution in [0.25, 0.3) is 0 Å². The first kappa shape index (κ1) is 12.1. The van der Waals surface area contributed by atoms with E-state index in [-0.39, 0.29) is 11.6 Å². The minimum absolute atomic E-state index is 0.126. The van der Waals surface area contributed by atoms with Gasteiger partial charge in [-0.1, -0.05) is 6.07 Å². The van der Waals surface area contributed by atoms with Gasteiger partial charge < -0.3 is 5.73 Å². The Kier molecular flexibility index (Phi) is 3.46. The third-order valence-corrected chi connectivity index (χ3v) is 3.08. The summed E-state index contributed by atoms with van der Waals surface area (Å²) in [6.45, 7) is 1.71. The highest BCUT2D eigenvalue weighted by Crippen LogP contribution is 2.17. The molecule has 0 saturated carbocycles. The topological polar surface area (TPSA) is 60.2 Å². The van der Waals surface area contributed by atoms with Crippen molar-refractivity contribution in [2.75, 3.05) is 12.0 Å². The summed E-state index contributed by atoms with van der Waals surface area (Å²) in [6, 6.07) is 3.56. The minimum Gasteiger partial charge on any atom is -0.323 e. The van der Waals surface area contributed by atoms with Crippen molar-refractivity contribution in [3.05, 3.63) is 35.1 Å². The van der Waals surface area contributed by atoms with Gasteiger partial charge in [-0.05, 0) is 30.2 Å². The lowest BCUT2D eigenvalue weighted by Gasteiger charge is -2.13. The van der Waals surface area contributed by atoms with Gasteiger partial charge in [0.2, 0.25) is 0 Å². The van der Waals surface area contributed by atoms with Crippen molar-refractivity contribution >= 4 is 9.84 Å². The van der Waals surface area contributed by atoms with Crippen molar-refractivity contribution in [2.24, 2.45) is 5.73 Å². The molecule has 0 saturated heterocycles. The van der Waals surface area contributed by atoms with E-state index >= 15 is 0 Å². The predicted molar refractivity (Wildman–Crippen MR) is 57.8 cm³/mol. The van der Waals surface area contributed by atoms with Crippen LogP contribution < -0.4 is 5.73 Å². The molecule has 1 rings (SSSR count). The van der Waals surface area contributed by atoms with Crippen molar-refractivity contribution in [3.63, 3.8) is 0 Å². The van der Waals surface area contributed by atoms with Crippen molar-refractivity contribution < 1.29 is 12.8 Å². The summed E-state index contributed by atoms with van der Waals surface area (Å²) in [5.41, 5.74) is 7.07. The summed E-state index contributed by atoms with van der Waals surface area (Å²) in [5.74, 6) is -0.470. The molecule has 0 fully saturated rings. The molecule has 0 aromatic heterocycles. The summed E-state index contributed by atoms with van der Waals surface area (Å²) in [6.07, 6.45) is 1.13. The van der Waals surface area contributed by atoms with E-state index in [9.17, 15) is 12.8 Å². The van der Waals surface area contributed by atoms with Crippen LogP contribution in [-0.2, 0) is 9.84 Å². The maximum Gasteiger partial charge on any atom is 0.149 e. The van der Waals surface area contributed by atoms with Gasteiger partial charge in [-0.2, -0.15) is 0 Å². The van der Waals surface area contributed by atoms with Gasteiger partial charge in [0.05, 0.1) is 5.75 Å². The molecular weight excluding hydrogens is 217 g/mol. The molecule has 0 bridgehead atoms. The standard InChI is InChI=1S/C10H14FNO2S/c1-7-5-8(11)3-4-9(7)10(12)6-15(2,13)14/h3-5,10H,6,12H2,1-2H3. The van der Waals surface area contributed by atoms with Crippen LogP contribution in [0.15, 0.2) is 18.2 Å². The van der Waals surface area contributed by atoms with Crippen LogP contribution in [0.4, 0.5) is 4.39 Å². The van der Waals surface area contributed by atoms with Crippen LogP contribution in [0.3, 0.4) is 0 Å². The SMILES string of the molecule is Cc1cc(F)ccc1C(N)CS(C)(=O)=O. The molecule has 5 heteroatoms. The molecule has 2 N–H and O–H groups in total. The number of hydrogen-bond donors (Lipinski definition) is 1. The molecule has 84 valence electrons. The lowest BCUT2D eigenvalue weighted by molar-refractivity contribution is 0.594. The number of aryl methyl sites for hydroxylation is 1. The molecule has 1 aromatic rings.